The number of urea groups is 1. The molecule has 0 unspecified atom stereocenters. The molecule has 0 saturated carbocycles. The zero-order chi connectivity index (χ0) is 22.7. The molecule has 7 nitrogen and oxygen atoms in total. The molecule has 0 fully saturated rings. The molecule has 4 rings (SSSR count). The van der Waals surface area contributed by atoms with Crippen LogP contribution in [0, 0.1) is 6.92 Å². The molecule has 1 heterocycles. The van der Waals surface area contributed by atoms with Gasteiger partial charge in [0, 0.05) is 17.9 Å². The predicted molar refractivity (Wildman–Crippen MR) is 126 cm³/mol. The number of hydrogen-bond donors (Lipinski definition) is 2. The molecular formula is C24H25N3O4S. The summed E-state index contributed by atoms with van der Waals surface area (Å²) < 4.78 is 33.0. The first kappa shape index (κ1) is 21.7. The summed E-state index contributed by atoms with van der Waals surface area (Å²) in [6.45, 7) is 2.39. The SMILES string of the molecule is COc1ccc(S(=O)(=O)N2CCCc3cc(NC(=O)Nc4ccc(C)cc4)ccc32)cc1. The van der Waals surface area contributed by atoms with Crippen LogP contribution in [0.15, 0.2) is 71.6 Å². The van der Waals surface area contributed by atoms with Crippen molar-refractivity contribution in [2.24, 2.45) is 0 Å². The van der Waals surface area contributed by atoms with Gasteiger partial charge in [0.15, 0.2) is 0 Å². The summed E-state index contributed by atoms with van der Waals surface area (Å²) in [7, 11) is -2.16. The van der Waals surface area contributed by atoms with Crippen molar-refractivity contribution in [2.75, 3.05) is 28.6 Å². The third-order valence-electron chi connectivity index (χ3n) is 5.37. The Hall–Kier alpha value is -3.52. The van der Waals surface area contributed by atoms with Gasteiger partial charge in [-0.15, -0.1) is 0 Å². The Morgan fingerprint density at radius 2 is 1.59 bits per heavy atom. The van der Waals surface area contributed by atoms with Gasteiger partial charge < -0.3 is 15.4 Å². The molecule has 32 heavy (non-hydrogen) atoms. The second-order valence-corrected chi connectivity index (χ2v) is 9.51. The molecule has 0 atom stereocenters. The van der Waals surface area contributed by atoms with Gasteiger partial charge in [0.1, 0.15) is 5.75 Å². The Kier molecular flexibility index (Phi) is 6.05. The van der Waals surface area contributed by atoms with E-state index in [1.807, 2.05) is 37.3 Å². The number of aryl methyl sites for hydroxylation is 2. The summed E-state index contributed by atoms with van der Waals surface area (Å²) in [4.78, 5) is 12.6. The van der Waals surface area contributed by atoms with E-state index in [4.69, 9.17) is 4.74 Å². The van der Waals surface area contributed by atoms with Crippen molar-refractivity contribution in [1.29, 1.82) is 0 Å². The number of methoxy groups -OCH3 is 1. The molecule has 0 saturated heterocycles. The Bertz CT molecular complexity index is 1220. The van der Waals surface area contributed by atoms with Gasteiger partial charge in [-0.2, -0.15) is 0 Å². The number of amides is 2. The van der Waals surface area contributed by atoms with E-state index in [0.717, 1.165) is 17.5 Å². The number of nitrogens with one attached hydrogen (secondary N) is 2. The van der Waals surface area contributed by atoms with Gasteiger partial charge in [0.25, 0.3) is 10.0 Å². The van der Waals surface area contributed by atoms with Crippen molar-refractivity contribution in [3.05, 3.63) is 77.9 Å². The molecule has 3 aromatic carbocycles. The Balaban J connectivity index is 1.53. The van der Waals surface area contributed by atoms with Gasteiger partial charge in [-0.1, -0.05) is 17.7 Å². The second kappa shape index (κ2) is 8.92. The van der Waals surface area contributed by atoms with Gasteiger partial charge in [0.05, 0.1) is 17.7 Å². The lowest BCUT2D eigenvalue weighted by Gasteiger charge is -2.31. The minimum atomic E-state index is -3.70. The van der Waals surface area contributed by atoms with E-state index in [0.29, 0.717) is 35.8 Å². The second-order valence-electron chi connectivity index (χ2n) is 7.64. The van der Waals surface area contributed by atoms with Crippen LogP contribution in [-0.4, -0.2) is 28.1 Å². The molecule has 2 N–H and O–H groups in total. The molecular weight excluding hydrogens is 426 g/mol. The van der Waals surface area contributed by atoms with Gasteiger partial charge in [-0.25, -0.2) is 13.2 Å². The number of sulfonamides is 1. The number of anilines is 3. The molecule has 3 aromatic rings. The van der Waals surface area contributed by atoms with Gasteiger partial charge >= 0.3 is 6.03 Å². The highest BCUT2D eigenvalue weighted by Crippen LogP contribution is 2.34. The first-order valence-corrected chi connectivity index (χ1v) is 11.8. The van der Waals surface area contributed by atoms with Gasteiger partial charge in [0.2, 0.25) is 0 Å². The van der Waals surface area contributed by atoms with Crippen LogP contribution < -0.4 is 19.7 Å². The summed E-state index contributed by atoms with van der Waals surface area (Å²) in [6, 6.07) is 18.8. The molecule has 1 aliphatic rings. The van der Waals surface area contributed by atoms with E-state index in [9.17, 15) is 13.2 Å². The highest BCUT2D eigenvalue weighted by molar-refractivity contribution is 7.92. The molecule has 0 aromatic heterocycles. The lowest BCUT2D eigenvalue weighted by Crippen LogP contribution is -2.35. The molecule has 0 bridgehead atoms. The van der Waals surface area contributed by atoms with Crippen molar-refractivity contribution in [3.63, 3.8) is 0 Å². The fraction of sp³-hybridized carbons (Fsp3) is 0.208. The number of rotatable bonds is 5. The average molecular weight is 452 g/mol. The van der Waals surface area contributed by atoms with Crippen LogP contribution in [0.2, 0.25) is 0 Å². The number of carbonyl (C=O) groups excluding carboxylic acids is 1. The third-order valence-corrected chi connectivity index (χ3v) is 7.20. The highest BCUT2D eigenvalue weighted by Gasteiger charge is 2.29. The summed E-state index contributed by atoms with van der Waals surface area (Å²) in [5.74, 6) is 0.600. The van der Waals surface area contributed by atoms with E-state index in [-0.39, 0.29) is 10.9 Å². The maximum Gasteiger partial charge on any atom is 0.323 e. The van der Waals surface area contributed by atoms with E-state index in [2.05, 4.69) is 10.6 Å². The highest BCUT2D eigenvalue weighted by atomic mass is 32.2. The van der Waals surface area contributed by atoms with Crippen LogP contribution >= 0.6 is 0 Å². The Morgan fingerprint density at radius 1 is 0.938 bits per heavy atom. The zero-order valence-corrected chi connectivity index (χ0v) is 18.8. The Morgan fingerprint density at radius 3 is 2.28 bits per heavy atom. The van der Waals surface area contributed by atoms with E-state index in [1.54, 1.807) is 36.4 Å². The van der Waals surface area contributed by atoms with Crippen LogP contribution in [0.1, 0.15) is 17.5 Å². The summed E-state index contributed by atoms with van der Waals surface area (Å²) in [6.07, 6.45) is 1.43. The van der Waals surface area contributed by atoms with Crippen molar-refractivity contribution < 1.29 is 17.9 Å². The van der Waals surface area contributed by atoms with Crippen molar-refractivity contribution in [2.45, 2.75) is 24.7 Å². The molecule has 2 amide bonds. The van der Waals surface area contributed by atoms with Crippen LogP contribution in [0.3, 0.4) is 0 Å². The number of carbonyl (C=O) groups is 1. The standard InChI is InChI=1S/C24H25N3O4S/c1-17-5-7-19(8-6-17)25-24(28)26-20-9-14-23-18(16-20)4-3-15-27(23)32(29,30)22-12-10-21(31-2)11-13-22/h5-14,16H,3-4,15H2,1-2H3,(H2,25,26,28). The van der Waals surface area contributed by atoms with Crippen molar-refractivity contribution in [3.8, 4) is 5.75 Å². The van der Waals surface area contributed by atoms with Crippen molar-refractivity contribution in [1.82, 2.24) is 0 Å². The number of hydrogen-bond acceptors (Lipinski definition) is 4. The summed E-state index contributed by atoms with van der Waals surface area (Å²) in [5.41, 5.74) is 3.93. The number of benzene rings is 3. The molecule has 0 aliphatic carbocycles. The van der Waals surface area contributed by atoms with Crippen LogP contribution in [-0.2, 0) is 16.4 Å². The van der Waals surface area contributed by atoms with Gasteiger partial charge in [-0.05, 0) is 79.9 Å². The summed E-state index contributed by atoms with van der Waals surface area (Å²) in [5, 5.41) is 5.62. The topological polar surface area (TPSA) is 87.7 Å². The molecule has 0 spiro atoms. The third kappa shape index (κ3) is 4.55. The first-order chi connectivity index (χ1) is 15.4. The lowest BCUT2D eigenvalue weighted by atomic mass is 10.0. The van der Waals surface area contributed by atoms with E-state index >= 15 is 0 Å². The normalized spacial score (nSPS) is 13.2. The molecule has 0 radical (unpaired) electrons. The molecule has 8 heteroatoms. The first-order valence-electron chi connectivity index (χ1n) is 10.3. The van der Waals surface area contributed by atoms with Gasteiger partial charge in [-0.3, -0.25) is 4.31 Å². The average Bonchev–Trinajstić information content (AvgIpc) is 2.80. The fourth-order valence-corrected chi connectivity index (χ4v) is 5.24. The maximum absolute atomic E-state index is 13.2. The monoisotopic (exact) mass is 451 g/mol. The van der Waals surface area contributed by atoms with Crippen LogP contribution in [0.25, 0.3) is 0 Å². The van der Waals surface area contributed by atoms with Crippen LogP contribution in [0.4, 0.5) is 21.9 Å². The Labute approximate surface area is 188 Å². The smallest absolute Gasteiger partial charge is 0.323 e. The van der Waals surface area contributed by atoms with Crippen molar-refractivity contribution >= 4 is 33.1 Å². The quantitative estimate of drug-likeness (QED) is 0.584. The maximum atomic E-state index is 13.2. The molecule has 166 valence electrons. The largest absolute Gasteiger partial charge is 0.497 e. The minimum Gasteiger partial charge on any atom is -0.497 e. The fourth-order valence-electron chi connectivity index (χ4n) is 3.70. The molecule has 1 aliphatic heterocycles. The number of nitrogens with zero attached hydrogens (tertiary/aromatic N) is 1. The van der Waals surface area contributed by atoms with E-state index < -0.39 is 10.0 Å². The van der Waals surface area contributed by atoms with Crippen LogP contribution in [0.5, 0.6) is 5.75 Å². The van der Waals surface area contributed by atoms with E-state index in [1.165, 1.54) is 11.4 Å². The lowest BCUT2D eigenvalue weighted by molar-refractivity contribution is 0.262. The summed E-state index contributed by atoms with van der Waals surface area (Å²) >= 11 is 0. The number of ether oxygens (including phenoxy) is 1. The predicted octanol–water partition coefficient (Wildman–Crippen LogP) is 4.79. The minimum absolute atomic E-state index is 0.214. The number of fused-ring (bicyclic) bond motifs is 1. The zero-order valence-electron chi connectivity index (χ0n) is 18.0.